The monoisotopic (exact) mass is 472 g/mol. The van der Waals surface area contributed by atoms with Gasteiger partial charge in [-0.3, -0.25) is 9.52 Å². The van der Waals surface area contributed by atoms with Crippen molar-refractivity contribution in [1.29, 1.82) is 0 Å². The number of amides is 1. The molecule has 172 valence electrons. The minimum atomic E-state index is -3.97. The van der Waals surface area contributed by atoms with Crippen LogP contribution in [-0.4, -0.2) is 51.7 Å². The van der Waals surface area contributed by atoms with Gasteiger partial charge in [0.05, 0.1) is 19.1 Å². The quantitative estimate of drug-likeness (QED) is 0.530. The first-order chi connectivity index (χ1) is 15.9. The molecule has 0 spiro atoms. The standard InChI is InChI=1S/C21H20N4O7S/c1-29-19-12-18(23-21(24-19)30-2)25-33(27,28)15-6-4-14(5-7-15)22-20(26)13-3-8-16-17(11-13)32-10-9-31-16/h3-8,11-12H,9-10H2,1-2H3,(H,22,26)(H,23,24,25). The number of methoxy groups -OCH3 is 2. The van der Waals surface area contributed by atoms with E-state index in [0.29, 0.717) is 36.0 Å². The van der Waals surface area contributed by atoms with E-state index in [4.69, 9.17) is 18.9 Å². The molecule has 0 bridgehead atoms. The zero-order valence-electron chi connectivity index (χ0n) is 17.7. The summed E-state index contributed by atoms with van der Waals surface area (Å²) in [6.45, 7) is 0.873. The Morgan fingerprint density at radius 2 is 1.67 bits per heavy atom. The molecule has 0 atom stereocenters. The van der Waals surface area contributed by atoms with Crippen molar-refractivity contribution in [3.05, 3.63) is 54.1 Å². The van der Waals surface area contributed by atoms with Crippen LogP contribution in [0.4, 0.5) is 11.5 Å². The van der Waals surface area contributed by atoms with Crippen LogP contribution < -0.4 is 29.0 Å². The second-order valence-corrected chi connectivity index (χ2v) is 8.41. The first-order valence-corrected chi connectivity index (χ1v) is 11.2. The molecule has 0 aliphatic carbocycles. The van der Waals surface area contributed by atoms with Gasteiger partial charge >= 0.3 is 6.01 Å². The summed E-state index contributed by atoms with van der Waals surface area (Å²) in [4.78, 5) is 20.4. The molecular formula is C21H20N4O7S. The van der Waals surface area contributed by atoms with Crippen LogP contribution in [0.5, 0.6) is 23.4 Å². The molecule has 4 rings (SSSR count). The van der Waals surface area contributed by atoms with Gasteiger partial charge in [0.2, 0.25) is 5.88 Å². The van der Waals surface area contributed by atoms with Gasteiger partial charge in [-0.1, -0.05) is 0 Å². The van der Waals surface area contributed by atoms with Crippen LogP contribution >= 0.6 is 0 Å². The van der Waals surface area contributed by atoms with Gasteiger partial charge in [0.25, 0.3) is 15.9 Å². The maximum absolute atomic E-state index is 12.7. The van der Waals surface area contributed by atoms with Crippen molar-refractivity contribution in [2.75, 3.05) is 37.5 Å². The number of nitrogens with zero attached hydrogens (tertiary/aromatic N) is 2. The second kappa shape index (κ2) is 9.20. The molecule has 0 unspecified atom stereocenters. The van der Waals surface area contributed by atoms with Crippen LogP contribution in [0.1, 0.15) is 10.4 Å². The van der Waals surface area contributed by atoms with Crippen molar-refractivity contribution >= 4 is 27.4 Å². The first kappa shape index (κ1) is 22.1. The average molecular weight is 472 g/mol. The lowest BCUT2D eigenvalue weighted by Gasteiger charge is -2.18. The number of hydrogen-bond donors (Lipinski definition) is 2. The van der Waals surface area contributed by atoms with E-state index in [1.165, 1.54) is 44.6 Å². The number of rotatable bonds is 7. The maximum Gasteiger partial charge on any atom is 0.321 e. The topological polar surface area (TPSA) is 138 Å². The van der Waals surface area contributed by atoms with Crippen LogP contribution in [0, 0.1) is 0 Å². The van der Waals surface area contributed by atoms with Gasteiger partial charge in [-0.25, -0.2) is 8.42 Å². The van der Waals surface area contributed by atoms with Crippen LogP contribution in [-0.2, 0) is 10.0 Å². The fourth-order valence-electron chi connectivity index (χ4n) is 2.95. The molecule has 1 aliphatic heterocycles. The summed E-state index contributed by atoms with van der Waals surface area (Å²) in [7, 11) is -1.23. The van der Waals surface area contributed by atoms with Crippen molar-refractivity contribution in [2.45, 2.75) is 4.90 Å². The number of nitrogens with one attached hydrogen (secondary N) is 2. The lowest BCUT2D eigenvalue weighted by atomic mass is 10.1. The normalized spacial score (nSPS) is 12.5. The van der Waals surface area contributed by atoms with Crippen LogP contribution in [0.15, 0.2) is 53.4 Å². The zero-order chi connectivity index (χ0) is 23.4. The molecule has 2 heterocycles. The SMILES string of the molecule is COc1cc(NS(=O)(=O)c2ccc(NC(=O)c3ccc4c(c3)OCCO4)cc2)nc(OC)n1. The number of benzene rings is 2. The number of fused-ring (bicyclic) bond motifs is 1. The van der Waals surface area contributed by atoms with Gasteiger partial charge in [0, 0.05) is 17.3 Å². The van der Waals surface area contributed by atoms with Gasteiger partial charge in [0.1, 0.15) is 13.2 Å². The lowest BCUT2D eigenvalue weighted by molar-refractivity contribution is 0.102. The van der Waals surface area contributed by atoms with Gasteiger partial charge in [-0.2, -0.15) is 9.97 Å². The molecule has 33 heavy (non-hydrogen) atoms. The van der Waals surface area contributed by atoms with E-state index in [1.807, 2.05) is 0 Å². The van der Waals surface area contributed by atoms with E-state index in [-0.39, 0.29) is 28.5 Å². The molecule has 0 saturated heterocycles. The second-order valence-electron chi connectivity index (χ2n) is 6.72. The van der Waals surface area contributed by atoms with Gasteiger partial charge in [-0.15, -0.1) is 0 Å². The fraction of sp³-hybridized carbons (Fsp3) is 0.190. The number of carbonyl (C=O) groups excluding carboxylic acids is 1. The number of hydrogen-bond acceptors (Lipinski definition) is 9. The lowest BCUT2D eigenvalue weighted by Crippen LogP contribution is -2.17. The van der Waals surface area contributed by atoms with Crippen LogP contribution in [0.2, 0.25) is 0 Å². The van der Waals surface area contributed by atoms with Crippen LogP contribution in [0.25, 0.3) is 0 Å². The summed E-state index contributed by atoms with van der Waals surface area (Å²) >= 11 is 0. The smallest absolute Gasteiger partial charge is 0.321 e. The Labute approximate surface area is 189 Å². The summed E-state index contributed by atoms with van der Waals surface area (Å²) in [5, 5.41) is 2.72. The number of aromatic nitrogens is 2. The number of carbonyl (C=O) groups is 1. The summed E-state index contributed by atoms with van der Waals surface area (Å²) in [6, 6.07) is 11.8. The Morgan fingerprint density at radius 1 is 0.939 bits per heavy atom. The largest absolute Gasteiger partial charge is 0.486 e. The molecule has 1 aromatic heterocycles. The van der Waals surface area contributed by atoms with E-state index in [9.17, 15) is 13.2 Å². The minimum Gasteiger partial charge on any atom is -0.486 e. The molecule has 0 radical (unpaired) electrons. The summed E-state index contributed by atoms with van der Waals surface area (Å²) in [5.41, 5.74) is 0.795. The average Bonchev–Trinajstić information content (AvgIpc) is 2.83. The molecule has 12 heteroatoms. The third-order valence-corrected chi connectivity index (χ3v) is 5.91. The van der Waals surface area contributed by atoms with Crippen molar-refractivity contribution < 1.29 is 32.2 Å². The molecule has 1 aliphatic rings. The first-order valence-electron chi connectivity index (χ1n) is 9.69. The van der Waals surface area contributed by atoms with Crippen molar-refractivity contribution in [3.8, 4) is 23.4 Å². The Balaban J connectivity index is 1.47. The summed E-state index contributed by atoms with van der Waals surface area (Å²) < 4.78 is 48.7. The Morgan fingerprint density at radius 3 is 2.36 bits per heavy atom. The van der Waals surface area contributed by atoms with Crippen molar-refractivity contribution in [1.82, 2.24) is 9.97 Å². The molecule has 2 aromatic carbocycles. The Bertz CT molecular complexity index is 1260. The van der Waals surface area contributed by atoms with E-state index in [1.54, 1.807) is 18.2 Å². The highest BCUT2D eigenvalue weighted by molar-refractivity contribution is 7.92. The molecule has 2 N–H and O–H groups in total. The van der Waals surface area contributed by atoms with Gasteiger partial charge in [-0.05, 0) is 42.5 Å². The highest BCUT2D eigenvalue weighted by Crippen LogP contribution is 2.31. The maximum atomic E-state index is 12.7. The van der Waals surface area contributed by atoms with Crippen molar-refractivity contribution in [3.63, 3.8) is 0 Å². The third-order valence-electron chi connectivity index (χ3n) is 4.54. The number of anilines is 2. The van der Waals surface area contributed by atoms with E-state index >= 15 is 0 Å². The molecule has 11 nitrogen and oxygen atoms in total. The van der Waals surface area contributed by atoms with E-state index in [2.05, 4.69) is 20.0 Å². The molecule has 3 aromatic rings. The van der Waals surface area contributed by atoms with Gasteiger partial charge in [0.15, 0.2) is 17.3 Å². The van der Waals surface area contributed by atoms with E-state index in [0.717, 1.165) is 0 Å². The fourth-order valence-corrected chi connectivity index (χ4v) is 3.95. The zero-order valence-corrected chi connectivity index (χ0v) is 18.5. The van der Waals surface area contributed by atoms with E-state index < -0.39 is 10.0 Å². The minimum absolute atomic E-state index is 0.0188. The number of sulfonamides is 1. The highest BCUT2D eigenvalue weighted by atomic mass is 32.2. The Kier molecular flexibility index (Phi) is 6.18. The predicted octanol–water partition coefficient (Wildman–Crippen LogP) is 2.32. The van der Waals surface area contributed by atoms with Crippen LogP contribution in [0.3, 0.4) is 0 Å². The molecular weight excluding hydrogens is 452 g/mol. The summed E-state index contributed by atoms with van der Waals surface area (Å²) in [5.74, 6) is 0.825. The third kappa shape index (κ3) is 5.06. The summed E-state index contributed by atoms with van der Waals surface area (Å²) in [6.07, 6.45) is 0. The molecule has 0 fully saturated rings. The predicted molar refractivity (Wildman–Crippen MR) is 118 cm³/mol. The Hall–Kier alpha value is -4.06. The molecule has 1 amide bonds. The van der Waals surface area contributed by atoms with Crippen molar-refractivity contribution in [2.24, 2.45) is 0 Å². The highest BCUT2D eigenvalue weighted by Gasteiger charge is 2.18. The van der Waals surface area contributed by atoms with Gasteiger partial charge < -0.3 is 24.3 Å². The molecule has 0 saturated carbocycles. The number of ether oxygens (including phenoxy) is 4.